The van der Waals surface area contributed by atoms with Crippen molar-refractivity contribution >= 4 is 22.9 Å². The van der Waals surface area contributed by atoms with Crippen LogP contribution in [-0.4, -0.2) is 44.0 Å². The number of carboxylic acid groups (broad SMARTS) is 1. The van der Waals surface area contributed by atoms with E-state index < -0.39 is 11.9 Å². The Morgan fingerprint density at radius 2 is 2.04 bits per heavy atom. The van der Waals surface area contributed by atoms with Crippen molar-refractivity contribution in [3.63, 3.8) is 0 Å². The highest BCUT2D eigenvalue weighted by Crippen LogP contribution is 2.23. The van der Waals surface area contributed by atoms with Gasteiger partial charge in [0.2, 0.25) is 5.91 Å². The predicted octanol–water partition coefficient (Wildman–Crippen LogP) is 2.06. The maximum Gasteiger partial charge on any atom is 0.308 e. The molecular weight excluding hydrogens is 294 g/mol. The predicted molar refractivity (Wildman–Crippen MR) is 86.0 cm³/mol. The molecular formula is C17H21N3O3. The molecule has 6 nitrogen and oxygen atoms in total. The fourth-order valence-corrected chi connectivity index (χ4v) is 3.28. The first kappa shape index (κ1) is 15.5. The summed E-state index contributed by atoms with van der Waals surface area (Å²) < 4.78 is 1.90. The van der Waals surface area contributed by atoms with Crippen molar-refractivity contribution in [2.75, 3.05) is 6.54 Å². The highest BCUT2D eigenvalue weighted by molar-refractivity contribution is 5.82. The van der Waals surface area contributed by atoms with Gasteiger partial charge >= 0.3 is 5.97 Å². The van der Waals surface area contributed by atoms with Crippen LogP contribution in [0.15, 0.2) is 24.3 Å². The Morgan fingerprint density at radius 1 is 1.30 bits per heavy atom. The lowest BCUT2D eigenvalue weighted by Crippen LogP contribution is -2.48. The van der Waals surface area contributed by atoms with Crippen LogP contribution in [0.2, 0.25) is 0 Å². The minimum atomic E-state index is -0.820. The van der Waals surface area contributed by atoms with E-state index in [0.717, 1.165) is 23.3 Å². The lowest BCUT2D eigenvalue weighted by Gasteiger charge is -2.36. The van der Waals surface area contributed by atoms with E-state index in [0.29, 0.717) is 13.0 Å². The third kappa shape index (κ3) is 2.93. The van der Waals surface area contributed by atoms with Gasteiger partial charge in [0.25, 0.3) is 0 Å². The van der Waals surface area contributed by atoms with E-state index in [-0.39, 0.29) is 18.5 Å². The average Bonchev–Trinajstić information content (AvgIpc) is 2.83. The van der Waals surface area contributed by atoms with Crippen LogP contribution >= 0.6 is 0 Å². The molecule has 1 saturated heterocycles. The quantitative estimate of drug-likeness (QED) is 0.940. The smallest absolute Gasteiger partial charge is 0.308 e. The molecule has 1 aliphatic rings. The zero-order valence-corrected chi connectivity index (χ0v) is 13.4. The van der Waals surface area contributed by atoms with Crippen molar-refractivity contribution in [2.24, 2.45) is 5.92 Å². The van der Waals surface area contributed by atoms with Crippen LogP contribution in [0.1, 0.15) is 25.6 Å². The monoisotopic (exact) mass is 315 g/mol. The average molecular weight is 315 g/mol. The van der Waals surface area contributed by atoms with Gasteiger partial charge in [-0.2, -0.15) is 0 Å². The van der Waals surface area contributed by atoms with Crippen molar-refractivity contribution in [2.45, 2.75) is 39.3 Å². The van der Waals surface area contributed by atoms with Gasteiger partial charge in [0.05, 0.1) is 17.0 Å². The molecule has 0 radical (unpaired) electrons. The summed E-state index contributed by atoms with van der Waals surface area (Å²) in [5.74, 6) is -0.538. The first-order valence-corrected chi connectivity index (χ1v) is 7.91. The number of hydrogen-bond acceptors (Lipinski definition) is 3. The van der Waals surface area contributed by atoms with E-state index in [9.17, 15) is 14.7 Å². The molecule has 2 aromatic rings. The van der Waals surface area contributed by atoms with Gasteiger partial charge in [0.1, 0.15) is 12.4 Å². The molecule has 2 heterocycles. The molecule has 3 rings (SSSR count). The molecule has 1 aliphatic heterocycles. The molecule has 0 bridgehead atoms. The Hall–Kier alpha value is -2.37. The van der Waals surface area contributed by atoms with Gasteiger partial charge in [-0.1, -0.05) is 12.1 Å². The van der Waals surface area contributed by atoms with Crippen molar-refractivity contribution < 1.29 is 14.7 Å². The lowest BCUT2D eigenvalue weighted by molar-refractivity contribution is -0.147. The highest BCUT2D eigenvalue weighted by Gasteiger charge is 2.32. The molecule has 6 heteroatoms. The third-order valence-electron chi connectivity index (χ3n) is 4.69. The minimum absolute atomic E-state index is 0.0466. The third-order valence-corrected chi connectivity index (χ3v) is 4.69. The Kier molecular flexibility index (Phi) is 4.07. The summed E-state index contributed by atoms with van der Waals surface area (Å²) in [5.41, 5.74) is 1.80. The number of nitrogens with zero attached hydrogens (tertiary/aromatic N) is 3. The van der Waals surface area contributed by atoms with Crippen molar-refractivity contribution in [3.05, 3.63) is 30.1 Å². The van der Waals surface area contributed by atoms with E-state index in [1.807, 2.05) is 42.7 Å². The van der Waals surface area contributed by atoms with Gasteiger partial charge in [-0.3, -0.25) is 9.59 Å². The van der Waals surface area contributed by atoms with E-state index in [4.69, 9.17) is 0 Å². The number of fused-ring (bicyclic) bond motifs is 1. The largest absolute Gasteiger partial charge is 0.481 e. The van der Waals surface area contributed by atoms with Gasteiger partial charge < -0.3 is 14.6 Å². The molecule has 0 aliphatic carbocycles. The van der Waals surface area contributed by atoms with Crippen molar-refractivity contribution in [3.8, 4) is 0 Å². The number of aryl methyl sites for hydroxylation is 1. The first-order valence-electron chi connectivity index (χ1n) is 7.91. The topological polar surface area (TPSA) is 75.4 Å². The Morgan fingerprint density at radius 3 is 2.78 bits per heavy atom. The number of para-hydroxylation sites is 2. The molecule has 2 unspecified atom stereocenters. The number of rotatable bonds is 3. The normalized spacial score (nSPS) is 21.6. The number of imidazole rings is 1. The van der Waals surface area contributed by atoms with Gasteiger partial charge in [-0.25, -0.2) is 4.98 Å². The molecule has 122 valence electrons. The summed E-state index contributed by atoms with van der Waals surface area (Å²) >= 11 is 0. The summed E-state index contributed by atoms with van der Waals surface area (Å²) in [4.78, 5) is 30.1. The number of carbonyl (C=O) groups excluding carboxylic acids is 1. The summed E-state index contributed by atoms with van der Waals surface area (Å²) in [5, 5.41) is 9.21. The number of hydrogen-bond donors (Lipinski definition) is 1. The number of benzene rings is 1. The molecule has 1 fully saturated rings. The first-order chi connectivity index (χ1) is 11.0. The fourth-order valence-electron chi connectivity index (χ4n) is 3.28. The van der Waals surface area contributed by atoms with Crippen molar-refractivity contribution in [1.29, 1.82) is 0 Å². The Balaban J connectivity index is 1.82. The maximum absolute atomic E-state index is 12.7. The standard InChI is InChI=1S/C17H21N3O3/c1-11-7-8-13(17(22)23)9-19(11)16(21)10-20-12(2)18-14-5-3-4-6-15(14)20/h3-6,11,13H,7-10H2,1-2H3,(H,22,23). The summed E-state index contributed by atoms with van der Waals surface area (Å²) in [6.07, 6.45) is 1.36. The molecule has 0 spiro atoms. The number of aromatic nitrogens is 2. The summed E-state index contributed by atoms with van der Waals surface area (Å²) in [6, 6.07) is 7.79. The second-order valence-corrected chi connectivity index (χ2v) is 6.24. The zero-order valence-electron chi connectivity index (χ0n) is 13.4. The Bertz CT molecular complexity index is 753. The number of likely N-dealkylation sites (tertiary alicyclic amines) is 1. The minimum Gasteiger partial charge on any atom is -0.481 e. The second-order valence-electron chi connectivity index (χ2n) is 6.24. The van der Waals surface area contributed by atoms with Gasteiger partial charge in [0, 0.05) is 12.6 Å². The van der Waals surface area contributed by atoms with Crippen LogP contribution in [0, 0.1) is 12.8 Å². The van der Waals surface area contributed by atoms with Crippen LogP contribution in [0.5, 0.6) is 0 Å². The van der Waals surface area contributed by atoms with Crippen LogP contribution in [0.25, 0.3) is 11.0 Å². The van der Waals surface area contributed by atoms with E-state index in [1.165, 1.54) is 0 Å². The molecule has 0 saturated carbocycles. The highest BCUT2D eigenvalue weighted by atomic mass is 16.4. The molecule has 1 amide bonds. The molecule has 23 heavy (non-hydrogen) atoms. The fraction of sp³-hybridized carbons (Fsp3) is 0.471. The molecule has 1 aromatic carbocycles. The molecule has 1 aromatic heterocycles. The number of piperidine rings is 1. The van der Waals surface area contributed by atoms with E-state index in [2.05, 4.69) is 4.98 Å². The number of amides is 1. The van der Waals surface area contributed by atoms with Crippen molar-refractivity contribution in [1.82, 2.24) is 14.5 Å². The molecule has 1 N–H and O–H groups in total. The SMILES string of the molecule is Cc1nc2ccccc2n1CC(=O)N1CC(C(=O)O)CCC1C. The van der Waals surface area contributed by atoms with Gasteiger partial charge in [-0.15, -0.1) is 0 Å². The second kappa shape index (κ2) is 6.02. The summed E-state index contributed by atoms with van der Waals surface area (Å²) in [6.45, 7) is 4.35. The number of carboxylic acids is 1. The number of aliphatic carboxylic acids is 1. The zero-order chi connectivity index (χ0) is 16.6. The van der Waals surface area contributed by atoms with Gasteiger partial charge in [0.15, 0.2) is 0 Å². The van der Waals surface area contributed by atoms with Crippen LogP contribution in [-0.2, 0) is 16.1 Å². The lowest BCUT2D eigenvalue weighted by atomic mass is 9.93. The van der Waals surface area contributed by atoms with E-state index in [1.54, 1.807) is 4.90 Å². The van der Waals surface area contributed by atoms with E-state index >= 15 is 0 Å². The van der Waals surface area contributed by atoms with Gasteiger partial charge in [-0.05, 0) is 38.8 Å². The molecule has 2 atom stereocenters. The van der Waals surface area contributed by atoms with Crippen LogP contribution in [0.4, 0.5) is 0 Å². The summed E-state index contributed by atoms with van der Waals surface area (Å²) in [7, 11) is 0. The Labute approximate surface area is 134 Å². The van der Waals surface area contributed by atoms with Crippen LogP contribution in [0.3, 0.4) is 0 Å². The maximum atomic E-state index is 12.7. The number of carbonyl (C=O) groups is 2. The van der Waals surface area contributed by atoms with Crippen LogP contribution < -0.4 is 0 Å².